The van der Waals surface area contributed by atoms with E-state index >= 15 is 0 Å². The zero-order chi connectivity index (χ0) is 18.3. The predicted octanol–water partition coefficient (Wildman–Crippen LogP) is 3.40. The van der Waals surface area contributed by atoms with Crippen molar-refractivity contribution in [3.63, 3.8) is 0 Å². The molecule has 1 aromatic rings. The fourth-order valence-electron chi connectivity index (χ4n) is 3.49. The van der Waals surface area contributed by atoms with Crippen LogP contribution in [-0.4, -0.2) is 41.4 Å². The van der Waals surface area contributed by atoms with Gasteiger partial charge in [-0.3, -0.25) is 9.69 Å². The maximum Gasteiger partial charge on any atom is 0.322 e. The number of amides is 3. The van der Waals surface area contributed by atoms with E-state index in [1.807, 2.05) is 17.0 Å². The first-order chi connectivity index (χ1) is 11.8. The van der Waals surface area contributed by atoms with Crippen LogP contribution in [0.5, 0.6) is 0 Å². The largest absolute Gasteiger partial charge is 0.330 e. The molecule has 1 N–H and O–H groups in total. The second-order valence-electron chi connectivity index (χ2n) is 7.31. The quantitative estimate of drug-likeness (QED) is 0.912. The Morgan fingerprint density at radius 2 is 1.80 bits per heavy atom. The highest BCUT2D eigenvalue weighted by molar-refractivity contribution is 6.01. The highest BCUT2D eigenvalue weighted by Gasteiger charge is 2.43. The molecule has 2 heterocycles. The Morgan fingerprint density at radius 1 is 1.16 bits per heavy atom. The predicted molar refractivity (Wildman–Crippen MR) is 98.1 cm³/mol. The Balaban J connectivity index is 1.99. The molecule has 1 aromatic carbocycles. The molecule has 2 atom stereocenters. The molecule has 2 aliphatic heterocycles. The summed E-state index contributed by atoms with van der Waals surface area (Å²) in [5, 5.41) is 2.99. The fraction of sp³-hybridized carbons (Fsp3) is 0.500. The normalized spacial score (nSPS) is 21.8. The minimum absolute atomic E-state index is 0.0362. The van der Waals surface area contributed by atoms with E-state index in [4.69, 9.17) is 0 Å². The first kappa shape index (κ1) is 17.5. The molecule has 0 radical (unpaired) electrons. The average molecular weight is 341 g/mol. The molecule has 0 aliphatic carbocycles. The van der Waals surface area contributed by atoms with Crippen LogP contribution < -0.4 is 5.32 Å². The number of urea groups is 1. The molecule has 3 amide bonds. The first-order valence-electron chi connectivity index (χ1n) is 9.03. The lowest BCUT2D eigenvalue weighted by Crippen LogP contribution is -2.45. The monoisotopic (exact) mass is 341 g/mol. The molecular formula is C20H27N3O2. The third-order valence-corrected chi connectivity index (χ3v) is 5.45. The van der Waals surface area contributed by atoms with Gasteiger partial charge in [-0.1, -0.05) is 45.0 Å². The summed E-state index contributed by atoms with van der Waals surface area (Å²) in [7, 11) is 1.73. The van der Waals surface area contributed by atoms with Gasteiger partial charge in [-0.15, -0.1) is 0 Å². The van der Waals surface area contributed by atoms with Gasteiger partial charge in [0.2, 0.25) is 0 Å². The summed E-state index contributed by atoms with van der Waals surface area (Å²) in [6.07, 6.45) is 0.894. The van der Waals surface area contributed by atoms with Crippen LogP contribution in [0.1, 0.15) is 57.2 Å². The van der Waals surface area contributed by atoms with Crippen LogP contribution in [0.4, 0.5) is 4.79 Å². The number of carbonyl (C=O) groups is 2. The van der Waals surface area contributed by atoms with Gasteiger partial charge in [0.15, 0.2) is 0 Å². The van der Waals surface area contributed by atoms with Crippen molar-refractivity contribution in [3.8, 4) is 0 Å². The Bertz CT molecular complexity index is 721. The van der Waals surface area contributed by atoms with E-state index in [1.54, 1.807) is 11.9 Å². The lowest BCUT2D eigenvalue weighted by Gasteiger charge is -2.31. The Kier molecular flexibility index (Phi) is 4.58. The molecule has 0 unspecified atom stereocenters. The molecule has 134 valence electrons. The van der Waals surface area contributed by atoms with E-state index in [9.17, 15) is 9.59 Å². The van der Waals surface area contributed by atoms with Crippen molar-refractivity contribution in [2.24, 2.45) is 0 Å². The van der Waals surface area contributed by atoms with Gasteiger partial charge in [-0.25, -0.2) is 4.79 Å². The van der Waals surface area contributed by atoms with Crippen LogP contribution in [0.2, 0.25) is 0 Å². The number of nitrogens with zero attached hydrogens (tertiary/aromatic N) is 2. The molecule has 25 heavy (non-hydrogen) atoms. The van der Waals surface area contributed by atoms with Crippen LogP contribution in [0.3, 0.4) is 0 Å². The minimum atomic E-state index is -0.374. The van der Waals surface area contributed by atoms with E-state index in [-0.39, 0.29) is 24.0 Å². The summed E-state index contributed by atoms with van der Waals surface area (Å²) in [6, 6.07) is 7.83. The minimum Gasteiger partial charge on any atom is -0.330 e. The number of likely N-dealkylation sites (N-methyl/N-ethyl adjacent to an activating group) is 1. The summed E-state index contributed by atoms with van der Waals surface area (Å²) in [5.41, 5.74) is 3.74. The molecule has 0 aromatic heterocycles. The molecule has 3 rings (SSSR count). The standard InChI is InChI=1S/C20H27N3O2/c1-6-13(4)23-11-16-17(19(23)24)18(21-20(25)22(16)5)15-9-7-14(8-10-15)12(2)3/h7-10,12-13,18H,6,11H2,1-5H3,(H,21,25)/t13-,18-/m1/s1. The van der Waals surface area contributed by atoms with Crippen molar-refractivity contribution in [1.29, 1.82) is 0 Å². The third-order valence-electron chi connectivity index (χ3n) is 5.45. The lowest BCUT2D eigenvalue weighted by molar-refractivity contribution is -0.127. The van der Waals surface area contributed by atoms with E-state index in [0.29, 0.717) is 18.0 Å². The van der Waals surface area contributed by atoms with Crippen LogP contribution in [-0.2, 0) is 4.79 Å². The van der Waals surface area contributed by atoms with E-state index in [1.165, 1.54) is 5.56 Å². The molecule has 5 nitrogen and oxygen atoms in total. The van der Waals surface area contributed by atoms with Crippen LogP contribution in [0.15, 0.2) is 35.5 Å². The smallest absolute Gasteiger partial charge is 0.322 e. The average Bonchev–Trinajstić information content (AvgIpc) is 2.95. The number of carbonyl (C=O) groups excluding carboxylic acids is 2. The maximum atomic E-state index is 13.0. The second kappa shape index (κ2) is 6.54. The van der Waals surface area contributed by atoms with Crippen molar-refractivity contribution in [3.05, 3.63) is 46.7 Å². The number of rotatable bonds is 4. The van der Waals surface area contributed by atoms with Gasteiger partial charge in [-0.2, -0.15) is 0 Å². The van der Waals surface area contributed by atoms with Crippen molar-refractivity contribution in [2.75, 3.05) is 13.6 Å². The topological polar surface area (TPSA) is 52.7 Å². The SMILES string of the molecule is CC[C@@H](C)N1CC2=C(C1=O)[C@@H](c1ccc(C(C)C)cc1)NC(=O)N2C. The molecule has 2 aliphatic rings. The van der Waals surface area contributed by atoms with Gasteiger partial charge in [0.05, 0.1) is 23.9 Å². The fourth-order valence-corrected chi connectivity index (χ4v) is 3.49. The van der Waals surface area contributed by atoms with E-state index in [2.05, 4.69) is 45.1 Å². The number of hydrogen-bond donors (Lipinski definition) is 1. The van der Waals surface area contributed by atoms with Gasteiger partial charge >= 0.3 is 6.03 Å². The second-order valence-corrected chi connectivity index (χ2v) is 7.31. The zero-order valence-corrected chi connectivity index (χ0v) is 15.7. The highest BCUT2D eigenvalue weighted by Crippen LogP contribution is 2.36. The molecule has 5 heteroatoms. The van der Waals surface area contributed by atoms with Crippen LogP contribution >= 0.6 is 0 Å². The first-order valence-corrected chi connectivity index (χ1v) is 9.03. The molecule has 0 saturated heterocycles. The Morgan fingerprint density at radius 3 is 2.36 bits per heavy atom. The molecule has 0 spiro atoms. The lowest BCUT2D eigenvalue weighted by atomic mass is 9.93. The van der Waals surface area contributed by atoms with Gasteiger partial charge in [-0.05, 0) is 30.4 Å². The Labute approximate surface area is 149 Å². The van der Waals surface area contributed by atoms with E-state index < -0.39 is 0 Å². The highest BCUT2D eigenvalue weighted by atomic mass is 16.2. The summed E-state index contributed by atoms with van der Waals surface area (Å²) < 4.78 is 0. The van der Waals surface area contributed by atoms with E-state index in [0.717, 1.165) is 17.7 Å². The number of benzene rings is 1. The van der Waals surface area contributed by atoms with Gasteiger partial charge in [0.25, 0.3) is 5.91 Å². The third kappa shape index (κ3) is 2.92. The summed E-state index contributed by atoms with van der Waals surface area (Å²) in [5.74, 6) is 0.485. The maximum absolute atomic E-state index is 13.0. The van der Waals surface area contributed by atoms with Gasteiger partial charge in [0, 0.05) is 13.1 Å². The molecule has 0 fully saturated rings. The summed E-state index contributed by atoms with van der Waals surface area (Å²) in [6.45, 7) is 8.94. The van der Waals surface area contributed by atoms with Crippen molar-refractivity contribution in [2.45, 2.75) is 52.1 Å². The zero-order valence-electron chi connectivity index (χ0n) is 15.7. The molecule has 0 bridgehead atoms. The van der Waals surface area contributed by atoms with Crippen molar-refractivity contribution in [1.82, 2.24) is 15.1 Å². The Hall–Kier alpha value is -2.30. The molecular weight excluding hydrogens is 314 g/mol. The molecule has 0 saturated carbocycles. The number of hydrogen-bond acceptors (Lipinski definition) is 2. The van der Waals surface area contributed by atoms with Crippen LogP contribution in [0, 0.1) is 0 Å². The summed E-state index contributed by atoms with van der Waals surface area (Å²) >= 11 is 0. The van der Waals surface area contributed by atoms with Crippen LogP contribution in [0.25, 0.3) is 0 Å². The van der Waals surface area contributed by atoms with Crippen molar-refractivity contribution < 1.29 is 9.59 Å². The summed E-state index contributed by atoms with van der Waals surface area (Å²) in [4.78, 5) is 28.9. The number of nitrogens with one attached hydrogen (secondary N) is 1. The van der Waals surface area contributed by atoms with Gasteiger partial charge in [0.1, 0.15) is 0 Å². The van der Waals surface area contributed by atoms with Gasteiger partial charge < -0.3 is 10.2 Å². The van der Waals surface area contributed by atoms with Crippen molar-refractivity contribution >= 4 is 11.9 Å².